The summed E-state index contributed by atoms with van der Waals surface area (Å²) in [7, 11) is -3.83. The van der Waals surface area contributed by atoms with Crippen molar-refractivity contribution >= 4 is 27.7 Å². The molecule has 10 heteroatoms. The number of nitrogens with one attached hydrogen (secondary N) is 2. The Morgan fingerprint density at radius 3 is 2.14 bits per heavy atom. The number of carbonyl (C=O) groups excluding carboxylic acids is 1. The molecule has 21 heavy (non-hydrogen) atoms. The standard InChI is InChI=1S/C11H15N3O6S/c1-6(15)9(10(16)17)14-11(18)13-7-2-4-8(5-3-7)21(12,19)20/h2-6,9,15H,1H3,(H,16,17)(H2,12,19,20)(H2,13,14,18)/t6-,9+/m1/s1. The quantitative estimate of drug-likeness (QED) is 0.482. The molecular formula is C11H15N3O6S. The number of sulfonamides is 1. The number of hydrogen-bond acceptors (Lipinski definition) is 5. The minimum absolute atomic E-state index is 0.124. The number of aliphatic hydroxyl groups is 1. The Labute approximate surface area is 120 Å². The lowest BCUT2D eigenvalue weighted by atomic mass is 10.2. The van der Waals surface area contributed by atoms with Gasteiger partial charge in [0.05, 0.1) is 11.0 Å². The van der Waals surface area contributed by atoms with Gasteiger partial charge in [0.2, 0.25) is 10.0 Å². The topological polar surface area (TPSA) is 159 Å². The fraction of sp³-hybridized carbons (Fsp3) is 0.273. The van der Waals surface area contributed by atoms with Crippen molar-refractivity contribution in [2.75, 3.05) is 5.32 Å². The van der Waals surface area contributed by atoms with E-state index in [1.165, 1.54) is 31.2 Å². The summed E-state index contributed by atoms with van der Waals surface area (Å²) in [6.07, 6.45) is -1.28. The molecule has 1 aromatic carbocycles. The Morgan fingerprint density at radius 1 is 1.24 bits per heavy atom. The van der Waals surface area contributed by atoms with Crippen LogP contribution in [-0.4, -0.2) is 42.8 Å². The average molecular weight is 317 g/mol. The molecule has 0 unspecified atom stereocenters. The number of primary sulfonamides is 1. The number of aliphatic hydroxyl groups excluding tert-OH is 1. The Kier molecular flexibility index (Phi) is 5.24. The van der Waals surface area contributed by atoms with Gasteiger partial charge in [-0.2, -0.15) is 0 Å². The molecule has 9 nitrogen and oxygen atoms in total. The molecule has 0 aliphatic heterocycles. The van der Waals surface area contributed by atoms with Gasteiger partial charge in [-0.25, -0.2) is 23.1 Å². The van der Waals surface area contributed by atoms with Crippen molar-refractivity contribution in [2.24, 2.45) is 5.14 Å². The van der Waals surface area contributed by atoms with Crippen molar-refractivity contribution < 1.29 is 28.2 Å². The number of amides is 2. The zero-order valence-electron chi connectivity index (χ0n) is 11.0. The van der Waals surface area contributed by atoms with Crippen LogP contribution in [0.15, 0.2) is 29.2 Å². The summed E-state index contributed by atoms with van der Waals surface area (Å²) in [6, 6.07) is 2.64. The highest BCUT2D eigenvalue weighted by molar-refractivity contribution is 7.89. The van der Waals surface area contributed by atoms with Crippen LogP contribution >= 0.6 is 0 Å². The van der Waals surface area contributed by atoms with E-state index >= 15 is 0 Å². The van der Waals surface area contributed by atoms with Crippen molar-refractivity contribution in [3.8, 4) is 0 Å². The Bertz CT molecular complexity index is 626. The first-order chi connectivity index (χ1) is 9.61. The van der Waals surface area contributed by atoms with Gasteiger partial charge >= 0.3 is 12.0 Å². The number of anilines is 1. The third-order valence-electron chi connectivity index (χ3n) is 2.48. The highest BCUT2D eigenvalue weighted by atomic mass is 32.2. The molecule has 2 amide bonds. The molecule has 1 rings (SSSR count). The molecule has 6 N–H and O–H groups in total. The molecule has 0 spiro atoms. The Balaban J connectivity index is 2.73. The fourth-order valence-corrected chi connectivity index (χ4v) is 1.94. The van der Waals surface area contributed by atoms with E-state index in [2.05, 4.69) is 10.6 Å². The molecule has 0 radical (unpaired) electrons. The normalized spacial score (nSPS) is 14.0. The van der Waals surface area contributed by atoms with E-state index in [1.807, 2.05) is 0 Å². The van der Waals surface area contributed by atoms with Crippen LogP contribution in [0.2, 0.25) is 0 Å². The molecule has 116 valence electrons. The van der Waals surface area contributed by atoms with E-state index in [0.29, 0.717) is 0 Å². The van der Waals surface area contributed by atoms with Gasteiger partial charge in [-0.1, -0.05) is 0 Å². The summed E-state index contributed by atoms with van der Waals surface area (Å²) < 4.78 is 22.1. The maximum Gasteiger partial charge on any atom is 0.328 e. The summed E-state index contributed by atoms with van der Waals surface area (Å²) in [5, 5.41) is 27.3. The predicted molar refractivity (Wildman–Crippen MR) is 73.1 cm³/mol. The number of urea groups is 1. The zero-order chi connectivity index (χ0) is 16.2. The van der Waals surface area contributed by atoms with Gasteiger partial charge in [0.25, 0.3) is 0 Å². The number of benzene rings is 1. The van der Waals surface area contributed by atoms with Gasteiger partial charge in [0.1, 0.15) is 0 Å². The summed E-state index contributed by atoms with van der Waals surface area (Å²) in [4.78, 5) is 22.3. The van der Waals surface area contributed by atoms with Crippen molar-refractivity contribution in [3.05, 3.63) is 24.3 Å². The minimum atomic E-state index is -3.83. The van der Waals surface area contributed by atoms with Crippen LogP contribution in [0, 0.1) is 0 Å². The second-order valence-electron chi connectivity index (χ2n) is 4.22. The zero-order valence-corrected chi connectivity index (χ0v) is 11.8. The predicted octanol–water partition coefficient (Wildman–Crippen LogP) is -0.710. The van der Waals surface area contributed by atoms with Crippen molar-refractivity contribution in [2.45, 2.75) is 24.0 Å². The molecular weight excluding hydrogens is 302 g/mol. The third-order valence-corrected chi connectivity index (χ3v) is 3.41. The van der Waals surface area contributed by atoms with Crippen LogP contribution in [0.25, 0.3) is 0 Å². The molecule has 2 atom stereocenters. The molecule has 0 saturated carbocycles. The van der Waals surface area contributed by atoms with Gasteiger partial charge in [-0.15, -0.1) is 0 Å². The number of nitrogens with two attached hydrogens (primary N) is 1. The first-order valence-electron chi connectivity index (χ1n) is 5.72. The summed E-state index contributed by atoms with van der Waals surface area (Å²) >= 11 is 0. The highest BCUT2D eigenvalue weighted by Gasteiger charge is 2.24. The third kappa shape index (κ3) is 5.02. The lowest BCUT2D eigenvalue weighted by Crippen LogP contribution is -2.49. The lowest BCUT2D eigenvalue weighted by Gasteiger charge is -2.17. The molecule has 0 saturated heterocycles. The van der Waals surface area contributed by atoms with E-state index in [-0.39, 0.29) is 10.6 Å². The molecule has 0 heterocycles. The molecule has 0 aromatic heterocycles. The van der Waals surface area contributed by atoms with Gasteiger partial charge in [-0.05, 0) is 31.2 Å². The van der Waals surface area contributed by atoms with Gasteiger partial charge in [0.15, 0.2) is 6.04 Å². The summed E-state index contributed by atoms with van der Waals surface area (Å²) in [6.45, 7) is 1.22. The smallest absolute Gasteiger partial charge is 0.328 e. The number of hydrogen-bond donors (Lipinski definition) is 5. The van der Waals surface area contributed by atoms with E-state index in [1.54, 1.807) is 0 Å². The lowest BCUT2D eigenvalue weighted by molar-refractivity contribution is -0.141. The summed E-state index contributed by atoms with van der Waals surface area (Å²) in [5.74, 6) is -1.38. The number of carboxylic acid groups (broad SMARTS) is 1. The number of rotatable bonds is 5. The largest absolute Gasteiger partial charge is 0.480 e. The van der Waals surface area contributed by atoms with Crippen LogP contribution in [-0.2, 0) is 14.8 Å². The van der Waals surface area contributed by atoms with Crippen molar-refractivity contribution in [1.29, 1.82) is 0 Å². The first kappa shape index (κ1) is 16.9. The number of aliphatic carboxylic acids is 1. The maximum atomic E-state index is 11.6. The Hall–Kier alpha value is -2.17. The maximum absolute atomic E-state index is 11.6. The molecule has 1 aromatic rings. The SMILES string of the molecule is C[C@@H](O)[C@H](NC(=O)Nc1ccc(S(N)(=O)=O)cc1)C(=O)O. The van der Waals surface area contributed by atoms with Crippen LogP contribution < -0.4 is 15.8 Å². The molecule has 0 aliphatic rings. The van der Waals surface area contributed by atoms with E-state index < -0.39 is 34.2 Å². The first-order valence-corrected chi connectivity index (χ1v) is 7.27. The second-order valence-corrected chi connectivity index (χ2v) is 5.79. The number of carbonyl (C=O) groups is 2. The van der Waals surface area contributed by atoms with E-state index in [0.717, 1.165) is 0 Å². The highest BCUT2D eigenvalue weighted by Crippen LogP contribution is 2.12. The molecule has 0 bridgehead atoms. The van der Waals surface area contributed by atoms with Crippen LogP contribution in [0.4, 0.5) is 10.5 Å². The summed E-state index contributed by atoms with van der Waals surface area (Å²) in [5.41, 5.74) is 0.231. The number of carboxylic acids is 1. The molecule has 0 aliphatic carbocycles. The van der Waals surface area contributed by atoms with E-state index in [4.69, 9.17) is 10.2 Å². The van der Waals surface area contributed by atoms with Gasteiger partial charge in [0, 0.05) is 5.69 Å². The van der Waals surface area contributed by atoms with Gasteiger partial charge in [-0.3, -0.25) is 0 Å². The van der Waals surface area contributed by atoms with E-state index in [9.17, 15) is 23.1 Å². The minimum Gasteiger partial charge on any atom is -0.480 e. The van der Waals surface area contributed by atoms with Crippen molar-refractivity contribution in [1.82, 2.24) is 5.32 Å². The second kappa shape index (κ2) is 6.52. The molecule has 0 fully saturated rings. The van der Waals surface area contributed by atoms with Crippen LogP contribution in [0.1, 0.15) is 6.92 Å². The van der Waals surface area contributed by atoms with Crippen LogP contribution in [0.3, 0.4) is 0 Å². The van der Waals surface area contributed by atoms with Gasteiger partial charge < -0.3 is 20.8 Å². The van der Waals surface area contributed by atoms with Crippen molar-refractivity contribution in [3.63, 3.8) is 0 Å². The average Bonchev–Trinajstić information content (AvgIpc) is 2.34. The monoisotopic (exact) mass is 317 g/mol. The fourth-order valence-electron chi connectivity index (χ4n) is 1.43. The Morgan fingerprint density at radius 2 is 1.76 bits per heavy atom. The van der Waals surface area contributed by atoms with Crippen LogP contribution in [0.5, 0.6) is 0 Å².